The number of hydrogen-bond donors (Lipinski definition) is 9. The summed E-state index contributed by atoms with van der Waals surface area (Å²) in [6.45, 7) is 2.56. The predicted molar refractivity (Wildman–Crippen MR) is 258 cm³/mol. The Morgan fingerprint density at radius 2 is 1.06 bits per heavy atom. The van der Waals surface area contributed by atoms with Gasteiger partial charge in [0.25, 0.3) is 0 Å². The van der Waals surface area contributed by atoms with E-state index in [1.165, 1.54) is 70.6 Å². The summed E-state index contributed by atoms with van der Waals surface area (Å²) < 4.78 is 22.6. The van der Waals surface area contributed by atoms with Gasteiger partial charge in [0.2, 0.25) is 5.91 Å². The number of allylic oxidation sites excluding steroid dienone is 12. The molecule has 14 nitrogen and oxygen atoms in total. The van der Waals surface area contributed by atoms with Crippen LogP contribution >= 0.6 is 0 Å². The molecule has 0 aromatic heterocycles. The monoisotopic (exact) mass is 934 g/mol. The van der Waals surface area contributed by atoms with Crippen molar-refractivity contribution in [1.82, 2.24) is 5.32 Å². The molecule has 2 rings (SSSR count). The van der Waals surface area contributed by atoms with Crippen molar-refractivity contribution in [2.45, 2.75) is 216 Å². The maximum Gasteiger partial charge on any atom is 0.224 e. The molecule has 0 spiro atoms. The highest BCUT2D eigenvalue weighted by molar-refractivity contribution is 5.77. The average molecular weight is 934 g/mol. The number of aliphatic hydroxyl groups excluding tert-OH is 8. The third-order valence-electron chi connectivity index (χ3n) is 11.6. The molecule has 2 saturated heterocycles. The number of carbonyl (C=O) groups excluding carboxylic acids is 1. The molecule has 2 aliphatic rings. The highest BCUT2D eigenvalue weighted by Crippen LogP contribution is 2.30. The lowest BCUT2D eigenvalue weighted by molar-refractivity contribution is -0.359. The summed E-state index contributed by atoms with van der Waals surface area (Å²) in [6.07, 6.45) is 32.3. The Morgan fingerprint density at radius 3 is 1.64 bits per heavy atom. The lowest BCUT2D eigenvalue weighted by Crippen LogP contribution is -2.65. The first kappa shape index (κ1) is 59.3. The minimum absolute atomic E-state index is 0.0369. The second-order valence-electron chi connectivity index (χ2n) is 17.2. The molecule has 66 heavy (non-hydrogen) atoms. The fourth-order valence-electron chi connectivity index (χ4n) is 7.55. The van der Waals surface area contributed by atoms with Crippen LogP contribution in [0.5, 0.6) is 0 Å². The molecule has 2 aliphatic heterocycles. The molecule has 9 N–H and O–H groups in total. The van der Waals surface area contributed by atoms with Gasteiger partial charge >= 0.3 is 0 Å². The van der Waals surface area contributed by atoms with Crippen molar-refractivity contribution in [2.75, 3.05) is 19.8 Å². The number of hydrogen-bond acceptors (Lipinski definition) is 13. The van der Waals surface area contributed by atoms with Gasteiger partial charge in [-0.05, 0) is 57.8 Å². The van der Waals surface area contributed by atoms with Crippen molar-refractivity contribution >= 4 is 5.91 Å². The summed E-state index contributed by atoms with van der Waals surface area (Å²) in [5.74, 6) is -0.380. The van der Waals surface area contributed by atoms with Crippen LogP contribution in [-0.2, 0) is 23.7 Å². The lowest BCUT2D eigenvalue weighted by atomic mass is 9.97. The minimum atomic E-state index is -1.80. The molecule has 2 fully saturated rings. The molecule has 1 amide bonds. The molecule has 378 valence electrons. The van der Waals surface area contributed by atoms with Crippen LogP contribution in [0.1, 0.15) is 142 Å². The van der Waals surface area contributed by atoms with Crippen LogP contribution < -0.4 is 5.32 Å². The van der Waals surface area contributed by atoms with E-state index >= 15 is 0 Å². The van der Waals surface area contributed by atoms with Gasteiger partial charge in [-0.15, -0.1) is 0 Å². The maximum absolute atomic E-state index is 13.1. The van der Waals surface area contributed by atoms with Gasteiger partial charge in [-0.3, -0.25) is 4.79 Å². The number of carbonyl (C=O) groups is 1. The van der Waals surface area contributed by atoms with Crippen LogP contribution in [0.25, 0.3) is 0 Å². The highest BCUT2D eigenvalue weighted by Gasteiger charge is 2.51. The zero-order valence-corrected chi connectivity index (χ0v) is 39.9. The Labute approximate surface area is 395 Å². The zero-order valence-electron chi connectivity index (χ0n) is 39.9. The quantitative estimate of drug-likeness (QED) is 0.0252. The van der Waals surface area contributed by atoms with Gasteiger partial charge in [0, 0.05) is 6.42 Å². The first-order valence-corrected chi connectivity index (χ1v) is 24.8. The normalized spacial score (nSPS) is 27.5. The number of ether oxygens (including phenoxy) is 4. The Kier molecular flexibility index (Phi) is 34.2. The number of nitrogens with one attached hydrogen (secondary N) is 1. The highest BCUT2D eigenvalue weighted by atomic mass is 16.7. The molecule has 0 bridgehead atoms. The molecule has 0 aromatic rings. The number of unbranched alkanes of at least 4 members (excludes halogenated alkanes) is 12. The maximum atomic E-state index is 13.1. The Hall–Kier alpha value is -2.83. The first-order valence-electron chi connectivity index (χ1n) is 24.8. The van der Waals surface area contributed by atoms with Gasteiger partial charge in [-0.1, -0.05) is 163 Å². The van der Waals surface area contributed by atoms with E-state index in [-0.39, 0.29) is 18.9 Å². The van der Waals surface area contributed by atoms with E-state index < -0.39 is 86.8 Å². The van der Waals surface area contributed by atoms with Crippen LogP contribution in [0.15, 0.2) is 85.1 Å². The van der Waals surface area contributed by atoms with Crippen LogP contribution in [0, 0.1) is 0 Å². The van der Waals surface area contributed by atoms with E-state index in [9.17, 15) is 45.6 Å². The molecule has 0 aromatic carbocycles. The lowest BCUT2D eigenvalue weighted by Gasteiger charge is -2.46. The Balaban J connectivity index is 1.93. The first-order chi connectivity index (χ1) is 32.1. The predicted octanol–water partition coefficient (Wildman–Crippen LogP) is 6.21. The standard InChI is InChI=1S/C52H87NO13/c1-3-5-7-9-11-13-15-17-19-20-22-23-25-27-29-31-33-35-41(56)40(53-44(57)36-34-32-30-28-26-24-21-18-16-14-12-10-8-6-4-2)39-63-51-49(62)47(60)50(43(38-55)65-51)66-52-48(61)46(59)45(58)42(37-54)64-52/h6,8,12,14,18,21,25-28,32-35,40-43,45-52,54-56,58-62H,3-5,7,9-11,13,15-17,19-20,22-24,29-31,36-39H2,1-2H3,(H,53,57)/b8-6-,14-12-,21-18-,27-25+,28-26-,34-32-,35-33+. The van der Waals surface area contributed by atoms with E-state index in [0.717, 1.165) is 38.5 Å². The summed E-state index contributed by atoms with van der Waals surface area (Å²) >= 11 is 0. The third-order valence-corrected chi connectivity index (χ3v) is 11.6. The average Bonchev–Trinajstić information content (AvgIpc) is 3.31. The molecule has 14 heteroatoms. The molecule has 12 atom stereocenters. The van der Waals surface area contributed by atoms with Crippen molar-refractivity contribution < 1.29 is 64.6 Å². The fraction of sp³-hybridized carbons (Fsp3) is 0.712. The zero-order chi connectivity index (χ0) is 48.2. The molecule has 0 radical (unpaired) electrons. The van der Waals surface area contributed by atoms with Crippen molar-refractivity contribution in [1.29, 1.82) is 0 Å². The molecule has 0 saturated carbocycles. The molecular weight excluding hydrogens is 847 g/mol. The van der Waals surface area contributed by atoms with Gasteiger partial charge in [-0.2, -0.15) is 0 Å². The number of aliphatic hydroxyl groups is 8. The van der Waals surface area contributed by atoms with Crippen LogP contribution in [-0.4, -0.2) is 140 Å². The van der Waals surface area contributed by atoms with Gasteiger partial charge in [0.1, 0.15) is 48.8 Å². The third kappa shape index (κ3) is 25.0. The van der Waals surface area contributed by atoms with Gasteiger partial charge in [0.05, 0.1) is 32.0 Å². The number of rotatable bonds is 36. The summed E-state index contributed by atoms with van der Waals surface area (Å²) in [5.41, 5.74) is 0. The topological polar surface area (TPSA) is 228 Å². The second kappa shape index (κ2) is 38.1. The van der Waals surface area contributed by atoms with Gasteiger partial charge in [-0.25, -0.2) is 0 Å². The summed E-state index contributed by atoms with van der Waals surface area (Å²) in [7, 11) is 0. The summed E-state index contributed by atoms with van der Waals surface area (Å²) in [6, 6.07) is -0.989. The van der Waals surface area contributed by atoms with Crippen molar-refractivity contribution in [2.24, 2.45) is 0 Å². The molecular formula is C52H87NO13. The van der Waals surface area contributed by atoms with E-state index in [1.807, 2.05) is 18.2 Å². The Bertz CT molecular complexity index is 1430. The SMILES string of the molecule is CC/C=C\C/C=C\C/C=C\C/C=C\C/C=C\CC(=O)NC(COC1OC(CO)C(OC2OC(CO)C(O)C(O)C2O)C(O)C1O)C(O)/C=C/CC/C=C/CCCCCCCCCCCCC. The minimum Gasteiger partial charge on any atom is -0.394 e. The molecule has 2 heterocycles. The Morgan fingerprint density at radius 1 is 0.561 bits per heavy atom. The van der Waals surface area contributed by atoms with Crippen LogP contribution in [0.2, 0.25) is 0 Å². The van der Waals surface area contributed by atoms with Crippen molar-refractivity contribution in [3.63, 3.8) is 0 Å². The smallest absolute Gasteiger partial charge is 0.224 e. The summed E-state index contributed by atoms with van der Waals surface area (Å²) in [5, 5.41) is 86.5. The van der Waals surface area contributed by atoms with E-state index in [1.54, 1.807) is 12.2 Å². The molecule has 0 aliphatic carbocycles. The van der Waals surface area contributed by atoms with Gasteiger partial charge in [0.15, 0.2) is 12.6 Å². The van der Waals surface area contributed by atoms with Gasteiger partial charge < -0.3 is 65.1 Å². The van der Waals surface area contributed by atoms with E-state index in [0.29, 0.717) is 12.8 Å². The summed E-state index contributed by atoms with van der Waals surface area (Å²) in [4.78, 5) is 13.1. The number of amides is 1. The molecule has 12 unspecified atom stereocenters. The largest absolute Gasteiger partial charge is 0.394 e. The second-order valence-corrected chi connectivity index (χ2v) is 17.2. The van der Waals surface area contributed by atoms with E-state index in [4.69, 9.17) is 18.9 Å². The van der Waals surface area contributed by atoms with Crippen LogP contribution in [0.3, 0.4) is 0 Å². The van der Waals surface area contributed by atoms with Crippen molar-refractivity contribution in [3.8, 4) is 0 Å². The van der Waals surface area contributed by atoms with E-state index in [2.05, 4.69) is 73.8 Å². The van der Waals surface area contributed by atoms with Crippen molar-refractivity contribution in [3.05, 3.63) is 85.1 Å². The van der Waals surface area contributed by atoms with Crippen LogP contribution in [0.4, 0.5) is 0 Å². The fourth-order valence-corrected chi connectivity index (χ4v) is 7.55.